The maximum absolute atomic E-state index is 13.2. The minimum atomic E-state index is -1.65. The van der Waals surface area contributed by atoms with Crippen LogP contribution >= 0.6 is 0 Å². The predicted molar refractivity (Wildman–Crippen MR) is 101 cm³/mol. The number of aromatic nitrogens is 2. The maximum atomic E-state index is 13.2. The first-order chi connectivity index (χ1) is 13.5. The molecule has 2 aliphatic rings. The fraction of sp³-hybridized carbons (Fsp3) is 0.333. The lowest BCUT2D eigenvalue weighted by molar-refractivity contribution is -0.236. The van der Waals surface area contributed by atoms with Crippen LogP contribution < -0.4 is 5.56 Å². The monoisotopic (exact) mass is 380 g/mol. The molecule has 0 saturated heterocycles. The van der Waals surface area contributed by atoms with Crippen LogP contribution in [0.2, 0.25) is 0 Å². The number of nitrogens with zero attached hydrogens (tertiary/aromatic N) is 2. The topological polar surface area (TPSA) is 105 Å². The van der Waals surface area contributed by atoms with Gasteiger partial charge in [-0.1, -0.05) is 25.1 Å². The minimum Gasteiger partial charge on any atom is -0.392 e. The van der Waals surface area contributed by atoms with Crippen LogP contribution in [-0.2, 0) is 30.1 Å². The zero-order valence-electron chi connectivity index (χ0n) is 15.3. The van der Waals surface area contributed by atoms with Crippen LogP contribution in [0.25, 0.3) is 22.3 Å². The second-order valence-electron chi connectivity index (χ2n) is 7.35. The van der Waals surface area contributed by atoms with Crippen LogP contribution in [0.1, 0.15) is 35.6 Å². The molecule has 0 radical (unpaired) electrons. The molecule has 0 spiro atoms. The molecule has 2 unspecified atom stereocenters. The summed E-state index contributed by atoms with van der Waals surface area (Å²) in [5.41, 5.74) is 2.32. The summed E-state index contributed by atoms with van der Waals surface area (Å²) < 4.78 is 6.88. The van der Waals surface area contributed by atoms with Crippen molar-refractivity contribution in [1.82, 2.24) is 9.55 Å². The summed E-state index contributed by atoms with van der Waals surface area (Å²) in [6.45, 7) is 1.82. The molecule has 144 valence electrons. The van der Waals surface area contributed by atoms with Crippen molar-refractivity contribution in [1.29, 1.82) is 0 Å². The van der Waals surface area contributed by atoms with Gasteiger partial charge in [-0.2, -0.15) is 0 Å². The van der Waals surface area contributed by atoms with Crippen molar-refractivity contribution < 1.29 is 20.1 Å². The number of aliphatic hydroxyl groups excluding tert-OH is 2. The van der Waals surface area contributed by atoms with E-state index in [0.29, 0.717) is 29.1 Å². The predicted octanol–water partition coefficient (Wildman–Crippen LogP) is 1.36. The van der Waals surface area contributed by atoms with Gasteiger partial charge in [0.25, 0.3) is 5.56 Å². The van der Waals surface area contributed by atoms with Crippen molar-refractivity contribution in [2.24, 2.45) is 0 Å². The molecular formula is C21H20N2O5. The Bertz CT molecular complexity index is 1190. The van der Waals surface area contributed by atoms with Gasteiger partial charge in [0.1, 0.15) is 5.60 Å². The highest BCUT2D eigenvalue weighted by Crippen LogP contribution is 2.41. The number of benzene rings is 1. The molecule has 0 fully saturated rings. The largest absolute Gasteiger partial charge is 0.392 e. The van der Waals surface area contributed by atoms with E-state index in [1.165, 1.54) is 0 Å². The molecule has 0 aliphatic carbocycles. The molecule has 7 heteroatoms. The van der Waals surface area contributed by atoms with E-state index in [4.69, 9.17) is 9.72 Å². The van der Waals surface area contributed by atoms with Crippen molar-refractivity contribution >= 4 is 10.9 Å². The van der Waals surface area contributed by atoms with E-state index in [1.54, 1.807) is 17.6 Å². The second kappa shape index (κ2) is 5.96. The quantitative estimate of drug-likeness (QED) is 0.485. The van der Waals surface area contributed by atoms with Gasteiger partial charge in [-0.3, -0.25) is 4.79 Å². The van der Waals surface area contributed by atoms with Crippen molar-refractivity contribution in [3.8, 4) is 11.4 Å². The normalized spacial score (nSPS) is 22.8. The number of hydrogen-bond donors (Lipinski definition) is 3. The molecule has 0 saturated carbocycles. The molecule has 0 amide bonds. The number of aliphatic hydroxyl groups is 3. The van der Waals surface area contributed by atoms with Crippen molar-refractivity contribution in [2.45, 2.75) is 45.0 Å². The Morgan fingerprint density at radius 2 is 2.11 bits per heavy atom. The number of rotatable bonds is 2. The number of fused-ring (bicyclic) bond motifs is 5. The Morgan fingerprint density at radius 3 is 2.86 bits per heavy atom. The van der Waals surface area contributed by atoms with E-state index >= 15 is 0 Å². The number of ether oxygens (including phenoxy) is 1. The minimum absolute atomic E-state index is 0.0590. The van der Waals surface area contributed by atoms with Crippen LogP contribution in [0.5, 0.6) is 0 Å². The highest BCUT2D eigenvalue weighted by molar-refractivity contribution is 5.87. The van der Waals surface area contributed by atoms with E-state index in [0.717, 1.165) is 22.0 Å². The summed E-state index contributed by atoms with van der Waals surface area (Å²) in [5, 5.41) is 32.1. The summed E-state index contributed by atoms with van der Waals surface area (Å²) in [7, 11) is 0. The molecule has 28 heavy (non-hydrogen) atoms. The van der Waals surface area contributed by atoms with Gasteiger partial charge in [0.15, 0.2) is 6.29 Å². The van der Waals surface area contributed by atoms with E-state index in [9.17, 15) is 20.1 Å². The molecular weight excluding hydrogens is 360 g/mol. The molecule has 4 heterocycles. The molecule has 2 aliphatic heterocycles. The lowest BCUT2D eigenvalue weighted by Gasteiger charge is -2.37. The van der Waals surface area contributed by atoms with Gasteiger partial charge >= 0.3 is 0 Å². The summed E-state index contributed by atoms with van der Waals surface area (Å²) in [4.78, 5) is 17.9. The second-order valence-corrected chi connectivity index (χ2v) is 7.35. The van der Waals surface area contributed by atoms with Gasteiger partial charge in [-0.05, 0) is 24.1 Å². The fourth-order valence-electron chi connectivity index (χ4n) is 4.41. The van der Waals surface area contributed by atoms with E-state index < -0.39 is 11.9 Å². The van der Waals surface area contributed by atoms with E-state index in [1.807, 2.05) is 24.3 Å². The molecule has 0 bridgehead atoms. The van der Waals surface area contributed by atoms with Crippen molar-refractivity contribution in [3.05, 3.63) is 62.9 Å². The molecule has 2 aromatic heterocycles. The van der Waals surface area contributed by atoms with Crippen LogP contribution in [0.15, 0.2) is 35.1 Å². The van der Waals surface area contributed by atoms with E-state index in [2.05, 4.69) is 0 Å². The number of para-hydroxylation sites is 1. The summed E-state index contributed by atoms with van der Waals surface area (Å²) in [6, 6.07) is 9.28. The zero-order chi connectivity index (χ0) is 19.6. The van der Waals surface area contributed by atoms with Gasteiger partial charge in [-0.25, -0.2) is 4.98 Å². The first-order valence-electron chi connectivity index (χ1n) is 9.30. The number of hydrogen-bond acceptors (Lipinski definition) is 6. The van der Waals surface area contributed by atoms with Crippen molar-refractivity contribution in [3.63, 3.8) is 0 Å². The first-order valence-corrected chi connectivity index (χ1v) is 9.30. The number of pyridine rings is 2. The maximum Gasteiger partial charge on any atom is 0.257 e. The summed E-state index contributed by atoms with van der Waals surface area (Å²) in [6.07, 6.45) is -1.20. The van der Waals surface area contributed by atoms with Crippen molar-refractivity contribution in [2.75, 3.05) is 0 Å². The molecule has 3 aromatic rings. The smallest absolute Gasteiger partial charge is 0.257 e. The summed E-state index contributed by atoms with van der Waals surface area (Å²) in [5.74, 6) is 0. The molecule has 5 rings (SSSR count). The Hall–Kier alpha value is -2.58. The Balaban J connectivity index is 1.83. The van der Waals surface area contributed by atoms with Gasteiger partial charge in [0.05, 0.1) is 36.7 Å². The average molecular weight is 380 g/mol. The van der Waals surface area contributed by atoms with Gasteiger partial charge in [0, 0.05) is 22.1 Å². The molecule has 2 atom stereocenters. The highest BCUT2D eigenvalue weighted by atomic mass is 16.6. The molecule has 7 nitrogen and oxygen atoms in total. The van der Waals surface area contributed by atoms with Crippen LogP contribution in [0.4, 0.5) is 0 Å². The van der Waals surface area contributed by atoms with Crippen LogP contribution in [-0.4, -0.2) is 31.2 Å². The lowest BCUT2D eigenvalue weighted by Crippen LogP contribution is -2.47. The molecule has 3 N–H and O–H groups in total. The third-order valence-electron chi connectivity index (χ3n) is 6.03. The highest BCUT2D eigenvalue weighted by Gasteiger charge is 2.44. The van der Waals surface area contributed by atoms with Crippen LogP contribution in [0, 0.1) is 0 Å². The molecule has 1 aromatic carbocycles. The van der Waals surface area contributed by atoms with Gasteiger partial charge in [-0.15, -0.1) is 0 Å². The van der Waals surface area contributed by atoms with Gasteiger partial charge in [0.2, 0.25) is 0 Å². The Morgan fingerprint density at radius 1 is 1.32 bits per heavy atom. The Kier molecular flexibility index (Phi) is 3.73. The standard InChI is InChI=1S/C21H20N2O5/c1-2-21(27)15-7-17-18-12(8-23(17)19(25)14(15)10-28-20(21)26)13(9-24)11-5-3-4-6-16(11)22-18/h3-7,20,24,26-27H,2,8-10H2,1H3. The Labute approximate surface area is 160 Å². The SMILES string of the molecule is CCC1(O)c2cc3n(c(=O)c2COC1O)Cc1c-3nc2ccccc2c1CO. The third kappa shape index (κ3) is 2.13. The summed E-state index contributed by atoms with van der Waals surface area (Å²) >= 11 is 0. The zero-order valence-corrected chi connectivity index (χ0v) is 15.3. The first kappa shape index (κ1) is 17.5. The van der Waals surface area contributed by atoms with E-state index in [-0.39, 0.29) is 25.2 Å². The van der Waals surface area contributed by atoms with Crippen LogP contribution in [0.3, 0.4) is 0 Å². The van der Waals surface area contributed by atoms with Gasteiger partial charge < -0.3 is 24.6 Å². The average Bonchev–Trinajstić information content (AvgIpc) is 3.08. The third-order valence-corrected chi connectivity index (χ3v) is 6.03. The fourth-order valence-corrected chi connectivity index (χ4v) is 4.41. The lowest BCUT2D eigenvalue weighted by atomic mass is 9.85.